The zero-order valence-electron chi connectivity index (χ0n) is 20.0. The zero-order valence-corrected chi connectivity index (χ0v) is 20.8. The molecule has 8 heteroatoms. The number of carboxylic acid groups (broad SMARTS) is 1. The zero-order chi connectivity index (χ0) is 25.4. The van der Waals surface area contributed by atoms with Gasteiger partial charge in [-0.2, -0.15) is 0 Å². The molecule has 0 bridgehead atoms. The molecule has 0 saturated carbocycles. The van der Waals surface area contributed by atoms with Crippen molar-refractivity contribution in [3.63, 3.8) is 0 Å². The summed E-state index contributed by atoms with van der Waals surface area (Å²) in [6, 6.07) is 18.0. The van der Waals surface area contributed by atoms with Crippen LogP contribution < -0.4 is 10.6 Å². The van der Waals surface area contributed by atoms with Crippen LogP contribution in [0.1, 0.15) is 32.8 Å². The van der Waals surface area contributed by atoms with E-state index in [9.17, 15) is 14.7 Å². The molecular weight excluding hydrogens is 460 g/mol. The molecule has 3 rings (SSSR count). The SMILES string of the molecule is CC(C)C[C@@H](C(=O)O)N(C(=S)Nc1cccc2cccnc12)C(C)NC(=O)/C=C/c1ccccc1. The highest BCUT2D eigenvalue weighted by Crippen LogP contribution is 2.23. The third kappa shape index (κ3) is 7.10. The summed E-state index contributed by atoms with van der Waals surface area (Å²) in [6.07, 6.45) is 4.48. The van der Waals surface area contributed by atoms with Crippen molar-refractivity contribution in [1.29, 1.82) is 0 Å². The number of nitrogens with zero attached hydrogens (tertiary/aromatic N) is 2. The normalized spacial score (nSPS) is 12.9. The van der Waals surface area contributed by atoms with Gasteiger partial charge in [-0.1, -0.05) is 62.4 Å². The van der Waals surface area contributed by atoms with E-state index >= 15 is 0 Å². The van der Waals surface area contributed by atoms with Gasteiger partial charge in [0.25, 0.3) is 0 Å². The Bertz CT molecular complexity index is 1210. The van der Waals surface area contributed by atoms with E-state index in [-0.39, 0.29) is 16.9 Å². The fourth-order valence-corrected chi connectivity index (χ4v) is 4.21. The number of carbonyl (C=O) groups is 2. The van der Waals surface area contributed by atoms with Gasteiger partial charge in [-0.15, -0.1) is 0 Å². The fraction of sp³-hybridized carbons (Fsp3) is 0.259. The molecular formula is C27H30N4O3S. The van der Waals surface area contributed by atoms with E-state index in [1.807, 2.05) is 74.5 Å². The average molecular weight is 491 g/mol. The Morgan fingerprint density at radius 2 is 1.77 bits per heavy atom. The lowest BCUT2D eigenvalue weighted by Gasteiger charge is -2.37. The highest BCUT2D eigenvalue weighted by molar-refractivity contribution is 7.80. The van der Waals surface area contributed by atoms with E-state index in [4.69, 9.17) is 12.2 Å². The molecule has 182 valence electrons. The second-order valence-electron chi connectivity index (χ2n) is 8.63. The Morgan fingerprint density at radius 1 is 1.06 bits per heavy atom. The molecule has 0 aliphatic heterocycles. The number of aromatic nitrogens is 1. The molecule has 0 aliphatic carbocycles. The summed E-state index contributed by atoms with van der Waals surface area (Å²) in [6.45, 7) is 5.62. The maximum Gasteiger partial charge on any atom is 0.326 e. The van der Waals surface area contributed by atoms with E-state index < -0.39 is 18.2 Å². The Balaban J connectivity index is 1.86. The Hall–Kier alpha value is -3.78. The van der Waals surface area contributed by atoms with Crippen LogP contribution in [0.15, 0.2) is 72.9 Å². The smallest absolute Gasteiger partial charge is 0.326 e. The van der Waals surface area contributed by atoms with Crippen LogP contribution in [-0.4, -0.2) is 44.2 Å². The minimum absolute atomic E-state index is 0.0986. The van der Waals surface area contributed by atoms with Crippen molar-refractivity contribution in [3.8, 4) is 0 Å². The van der Waals surface area contributed by atoms with Gasteiger partial charge in [-0.25, -0.2) is 4.79 Å². The molecule has 7 nitrogen and oxygen atoms in total. The molecule has 2 aromatic carbocycles. The quantitative estimate of drug-likeness (QED) is 0.223. The highest BCUT2D eigenvalue weighted by Gasteiger charge is 2.33. The second kappa shape index (κ2) is 12.1. The van der Waals surface area contributed by atoms with E-state index in [0.717, 1.165) is 16.5 Å². The van der Waals surface area contributed by atoms with Gasteiger partial charge in [-0.05, 0) is 55.3 Å². The van der Waals surface area contributed by atoms with Crippen LogP contribution in [0, 0.1) is 5.92 Å². The molecule has 1 heterocycles. The Labute approximate surface area is 210 Å². The van der Waals surface area contributed by atoms with Crippen LogP contribution >= 0.6 is 12.2 Å². The first kappa shape index (κ1) is 25.8. The van der Waals surface area contributed by atoms with Crippen molar-refractivity contribution in [3.05, 3.63) is 78.5 Å². The van der Waals surface area contributed by atoms with E-state index in [0.29, 0.717) is 12.1 Å². The minimum Gasteiger partial charge on any atom is -0.480 e. The summed E-state index contributed by atoms with van der Waals surface area (Å²) in [5, 5.41) is 17.2. The fourth-order valence-electron chi connectivity index (χ4n) is 3.81. The Kier molecular flexibility index (Phi) is 8.92. The molecule has 1 unspecified atom stereocenters. The summed E-state index contributed by atoms with van der Waals surface area (Å²) in [5.74, 6) is -1.27. The standard InChI is InChI=1S/C27H30N4O3S/c1-18(2)17-23(26(33)34)31(19(3)29-24(32)15-14-20-9-5-4-6-10-20)27(35)30-22-13-7-11-21-12-8-16-28-25(21)22/h4-16,18-19,23H,17H2,1-3H3,(H,29,32)(H,30,35)(H,33,34)/b15-14+/t19?,23-/m0/s1. The number of rotatable bonds is 9. The second-order valence-corrected chi connectivity index (χ2v) is 9.02. The molecule has 1 amide bonds. The molecule has 3 aromatic rings. The number of thiocarbonyl (C=S) groups is 1. The maximum absolute atomic E-state index is 12.7. The van der Waals surface area contributed by atoms with Crippen molar-refractivity contribution in [2.24, 2.45) is 5.92 Å². The molecule has 0 saturated heterocycles. The van der Waals surface area contributed by atoms with E-state index in [1.165, 1.54) is 11.0 Å². The molecule has 35 heavy (non-hydrogen) atoms. The van der Waals surface area contributed by atoms with Crippen LogP contribution in [0.3, 0.4) is 0 Å². The van der Waals surface area contributed by atoms with E-state index in [1.54, 1.807) is 19.2 Å². The monoisotopic (exact) mass is 490 g/mol. The van der Waals surface area contributed by atoms with Crippen LogP contribution in [0.25, 0.3) is 17.0 Å². The van der Waals surface area contributed by atoms with Crippen molar-refractivity contribution >= 4 is 51.9 Å². The number of para-hydroxylation sites is 1. The summed E-state index contributed by atoms with van der Waals surface area (Å²) in [7, 11) is 0. The van der Waals surface area contributed by atoms with Gasteiger partial charge in [0.1, 0.15) is 12.2 Å². The molecule has 0 fully saturated rings. The minimum atomic E-state index is -1.01. The van der Waals surface area contributed by atoms with Gasteiger partial charge in [0.2, 0.25) is 5.91 Å². The van der Waals surface area contributed by atoms with Gasteiger partial charge in [0.15, 0.2) is 5.11 Å². The molecule has 0 radical (unpaired) electrons. The van der Waals surface area contributed by atoms with Crippen molar-refractivity contribution in [1.82, 2.24) is 15.2 Å². The predicted molar refractivity (Wildman–Crippen MR) is 144 cm³/mol. The van der Waals surface area contributed by atoms with Crippen LogP contribution in [0.4, 0.5) is 5.69 Å². The van der Waals surface area contributed by atoms with Gasteiger partial charge < -0.3 is 20.6 Å². The van der Waals surface area contributed by atoms with E-state index in [2.05, 4.69) is 15.6 Å². The number of benzene rings is 2. The molecule has 2 atom stereocenters. The first-order valence-corrected chi connectivity index (χ1v) is 11.9. The third-order valence-electron chi connectivity index (χ3n) is 5.42. The first-order chi connectivity index (χ1) is 16.8. The molecule has 0 aliphatic rings. The molecule has 3 N–H and O–H groups in total. The first-order valence-electron chi connectivity index (χ1n) is 11.5. The highest BCUT2D eigenvalue weighted by atomic mass is 32.1. The summed E-state index contributed by atoms with van der Waals surface area (Å²) < 4.78 is 0. The summed E-state index contributed by atoms with van der Waals surface area (Å²) >= 11 is 5.69. The van der Waals surface area contributed by atoms with Gasteiger partial charge in [0, 0.05) is 17.7 Å². The lowest BCUT2D eigenvalue weighted by Crippen LogP contribution is -2.57. The van der Waals surface area contributed by atoms with Crippen LogP contribution in [0.2, 0.25) is 0 Å². The number of carboxylic acids is 1. The van der Waals surface area contributed by atoms with Crippen LogP contribution in [-0.2, 0) is 9.59 Å². The van der Waals surface area contributed by atoms with Crippen molar-refractivity contribution < 1.29 is 14.7 Å². The molecule has 0 spiro atoms. The number of hydrogen-bond acceptors (Lipinski definition) is 4. The Morgan fingerprint density at radius 3 is 2.46 bits per heavy atom. The topological polar surface area (TPSA) is 94.6 Å². The predicted octanol–water partition coefficient (Wildman–Crippen LogP) is 4.91. The third-order valence-corrected chi connectivity index (χ3v) is 5.73. The lowest BCUT2D eigenvalue weighted by atomic mass is 10.0. The van der Waals surface area contributed by atoms with Crippen LogP contribution in [0.5, 0.6) is 0 Å². The number of carbonyl (C=O) groups excluding carboxylic acids is 1. The lowest BCUT2D eigenvalue weighted by molar-refractivity contribution is -0.143. The largest absolute Gasteiger partial charge is 0.480 e. The van der Waals surface area contributed by atoms with Crippen molar-refractivity contribution in [2.75, 3.05) is 5.32 Å². The maximum atomic E-state index is 12.7. The average Bonchev–Trinajstić information content (AvgIpc) is 2.83. The molecule has 1 aromatic heterocycles. The summed E-state index contributed by atoms with van der Waals surface area (Å²) in [4.78, 5) is 30.9. The van der Waals surface area contributed by atoms with Crippen molar-refractivity contribution in [2.45, 2.75) is 39.4 Å². The number of hydrogen-bond donors (Lipinski definition) is 3. The number of fused-ring (bicyclic) bond motifs is 1. The number of anilines is 1. The van der Waals surface area contributed by atoms with Gasteiger partial charge >= 0.3 is 5.97 Å². The summed E-state index contributed by atoms with van der Waals surface area (Å²) in [5.41, 5.74) is 2.26. The van der Waals surface area contributed by atoms with Gasteiger partial charge in [-0.3, -0.25) is 9.78 Å². The number of aliphatic carboxylic acids is 1. The number of pyridine rings is 1. The van der Waals surface area contributed by atoms with Gasteiger partial charge in [0.05, 0.1) is 11.2 Å². The number of nitrogens with one attached hydrogen (secondary N) is 2. The number of amides is 1.